The first-order valence-electron chi connectivity index (χ1n) is 15.7. The summed E-state index contributed by atoms with van der Waals surface area (Å²) in [5, 5.41) is 32.7. The van der Waals surface area contributed by atoms with Crippen LogP contribution in [-0.2, 0) is 0 Å². The maximum Gasteiger partial charge on any atom is 0.300 e. The van der Waals surface area contributed by atoms with Gasteiger partial charge in [-0.2, -0.15) is 0 Å². The van der Waals surface area contributed by atoms with Gasteiger partial charge in [-0.05, 0) is 122 Å². The number of non-ortho nitro benzene ring substituents is 1. The molecule has 2 aromatic rings. The van der Waals surface area contributed by atoms with Crippen molar-refractivity contribution >= 4 is 22.4 Å². The number of rotatable bonds is 8. The molecule has 1 unspecified atom stereocenters. The number of nitro benzene ring substituents is 1. The number of hydrogen-bond acceptors (Lipinski definition) is 7. The first-order valence-corrected chi connectivity index (χ1v) is 15.7. The Balaban J connectivity index is 1.06. The predicted molar refractivity (Wildman–Crippen MR) is 156 cm³/mol. The Morgan fingerprint density at radius 3 is 2.70 bits per heavy atom. The molecule has 1 heterocycles. The van der Waals surface area contributed by atoms with Crippen LogP contribution in [0.15, 0.2) is 28.4 Å². The van der Waals surface area contributed by atoms with Crippen molar-refractivity contribution in [1.29, 1.82) is 0 Å². The maximum absolute atomic E-state index is 11.3. The summed E-state index contributed by atoms with van der Waals surface area (Å²) in [6, 6.07) is 3.39. The Bertz CT molecular complexity index is 1290. The molecule has 0 amide bonds. The van der Waals surface area contributed by atoms with Gasteiger partial charge in [-0.15, -0.1) is 0 Å². The monoisotopic (exact) mass is 550 g/mol. The SMILES string of the molecule is CC(CCC[C@@H](C)[C@H]1CC[C@H]2[C@@H]3CC=C4C[C@@H](O)CC[C@]4(C)[C@H]3CC[C@]12C)Nc1ccc([N+](=O)[O-])c2nonc12. The predicted octanol–water partition coefficient (Wildman–Crippen LogP) is 7.68. The van der Waals surface area contributed by atoms with Crippen molar-refractivity contribution < 1.29 is 14.7 Å². The molecule has 4 aliphatic rings. The molecule has 0 bridgehead atoms. The molecule has 40 heavy (non-hydrogen) atoms. The molecule has 9 atom stereocenters. The number of aliphatic hydroxyl groups excluding tert-OH is 1. The molecular weight excluding hydrogens is 504 g/mol. The van der Waals surface area contributed by atoms with Gasteiger partial charge in [-0.1, -0.05) is 45.3 Å². The molecule has 0 aliphatic heterocycles. The van der Waals surface area contributed by atoms with Gasteiger partial charge in [-0.25, -0.2) is 4.63 Å². The minimum Gasteiger partial charge on any atom is -0.393 e. The van der Waals surface area contributed by atoms with E-state index >= 15 is 0 Å². The fourth-order valence-corrected chi connectivity index (χ4v) is 10.0. The van der Waals surface area contributed by atoms with E-state index in [2.05, 4.69) is 49.4 Å². The molecule has 3 fully saturated rings. The molecule has 3 saturated carbocycles. The first-order chi connectivity index (χ1) is 19.1. The maximum atomic E-state index is 11.3. The lowest BCUT2D eigenvalue weighted by Crippen LogP contribution is -2.50. The normalized spacial score (nSPS) is 36.7. The van der Waals surface area contributed by atoms with E-state index in [1.54, 1.807) is 11.6 Å². The van der Waals surface area contributed by atoms with Crippen LogP contribution in [0.4, 0.5) is 11.4 Å². The first kappa shape index (κ1) is 27.7. The van der Waals surface area contributed by atoms with Gasteiger partial charge >= 0.3 is 5.69 Å². The fourth-order valence-electron chi connectivity index (χ4n) is 10.0. The zero-order chi connectivity index (χ0) is 28.2. The quantitative estimate of drug-likeness (QED) is 0.197. The fraction of sp³-hybridized carbons (Fsp3) is 0.750. The summed E-state index contributed by atoms with van der Waals surface area (Å²) in [6.07, 6.45) is 15.6. The van der Waals surface area contributed by atoms with Crippen LogP contribution in [-0.4, -0.2) is 32.5 Å². The van der Waals surface area contributed by atoms with Gasteiger partial charge in [-0.3, -0.25) is 10.1 Å². The third kappa shape index (κ3) is 4.54. The Morgan fingerprint density at radius 2 is 1.90 bits per heavy atom. The van der Waals surface area contributed by atoms with Gasteiger partial charge < -0.3 is 10.4 Å². The van der Waals surface area contributed by atoms with E-state index in [0.717, 1.165) is 61.5 Å². The largest absolute Gasteiger partial charge is 0.393 e. The third-order valence-corrected chi connectivity index (χ3v) is 12.1. The van der Waals surface area contributed by atoms with Crippen LogP contribution >= 0.6 is 0 Å². The molecule has 1 aromatic carbocycles. The molecule has 0 saturated heterocycles. The minimum atomic E-state index is -0.453. The van der Waals surface area contributed by atoms with E-state index in [9.17, 15) is 15.2 Å². The zero-order valence-electron chi connectivity index (χ0n) is 24.6. The summed E-state index contributed by atoms with van der Waals surface area (Å²) >= 11 is 0. The number of benzene rings is 1. The van der Waals surface area contributed by atoms with Crippen molar-refractivity contribution in [1.82, 2.24) is 10.3 Å². The number of nitro groups is 1. The van der Waals surface area contributed by atoms with Crippen molar-refractivity contribution in [2.75, 3.05) is 5.32 Å². The molecule has 6 rings (SSSR count). The highest BCUT2D eigenvalue weighted by molar-refractivity contribution is 5.93. The number of allylic oxidation sites excluding steroid dienone is 1. The summed E-state index contributed by atoms with van der Waals surface area (Å²) < 4.78 is 4.81. The van der Waals surface area contributed by atoms with E-state index in [0.29, 0.717) is 22.3 Å². The highest BCUT2D eigenvalue weighted by atomic mass is 16.6. The number of hydrogen-bond donors (Lipinski definition) is 2. The smallest absolute Gasteiger partial charge is 0.300 e. The Labute approximate surface area is 237 Å². The second-order valence-corrected chi connectivity index (χ2v) is 14.2. The van der Waals surface area contributed by atoms with Crippen LogP contribution in [0.2, 0.25) is 0 Å². The number of nitrogens with one attached hydrogen (secondary N) is 1. The van der Waals surface area contributed by atoms with Crippen molar-refractivity contribution in [3.63, 3.8) is 0 Å². The van der Waals surface area contributed by atoms with Gasteiger partial charge in [0.05, 0.1) is 16.7 Å². The lowest BCUT2D eigenvalue weighted by molar-refractivity contribution is -0.383. The summed E-state index contributed by atoms with van der Waals surface area (Å²) in [4.78, 5) is 10.8. The van der Waals surface area contributed by atoms with Gasteiger partial charge in [0.2, 0.25) is 5.52 Å². The molecule has 8 heteroatoms. The molecule has 4 aliphatic carbocycles. The zero-order valence-corrected chi connectivity index (χ0v) is 24.6. The van der Waals surface area contributed by atoms with Crippen LogP contribution in [0.3, 0.4) is 0 Å². The molecule has 1 aromatic heterocycles. The number of aromatic nitrogens is 2. The van der Waals surface area contributed by atoms with E-state index in [-0.39, 0.29) is 23.3 Å². The molecular formula is C32H46N4O4. The second-order valence-electron chi connectivity index (χ2n) is 14.2. The van der Waals surface area contributed by atoms with Crippen molar-refractivity contribution in [3.8, 4) is 0 Å². The second kappa shape index (κ2) is 10.4. The standard InChI is InChI=1S/C32H46N4O4/c1-19(6-5-7-20(2)33-27-12-13-28(36(38)39)30-29(27)34-40-35-30)24-10-11-25-23-9-8-21-18-22(37)14-16-31(21,3)26(23)15-17-32(24,25)4/h8,12-13,19-20,22-26,33,37H,5-7,9-11,14-18H2,1-4H3/t19-,20?,22+,23+,24-,25+,26+,31+,32-/m1/s1. The summed E-state index contributed by atoms with van der Waals surface area (Å²) in [5.74, 6) is 3.95. The van der Waals surface area contributed by atoms with Crippen molar-refractivity contribution in [2.45, 2.75) is 110 Å². The van der Waals surface area contributed by atoms with Crippen LogP contribution in [0, 0.1) is 50.5 Å². The number of fused-ring (bicyclic) bond motifs is 6. The summed E-state index contributed by atoms with van der Waals surface area (Å²) in [6.45, 7) is 9.81. The van der Waals surface area contributed by atoms with Gasteiger partial charge in [0.15, 0.2) is 5.52 Å². The topological polar surface area (TPSA) is 114 Å². The van der Waals surface area contributed by atoms with E-state index < -0.39 is 4.92 Å². The molecule has 0 spiro atoms. The van der Waals surface area contributed by atoms with E-state index in [1.165, 1.54) is 44.6 Å². The number of nitrogens with zero attached hydrogens (tertiary/aromatic N) is 3. The average Bonchev–Trinajstić information content (AvgIpc) is 3.54. The van der Waals surface area contributed by atoms with E-state index in [4.69, 9.17) is 4.63 Å². The van der Waals surface area contributed by atoms with E-state index in [1.807, 2.05) is 0 Å². The van der Waals surface area contributed by atoms with Crippen LogP contribution in [0.25, 0.3) is 11.0 Å². The van der Waals surface area contributed by atoms with Gasteiger partial charge in [0.1, 0.15) is 0 Å². The van der Waals surface area contributed by atoms with Crippen molar-refractivity contribution in [2.24, 2.45) is 40.4 Å². The average molecular weight is 551 g/mol. The minimum absolute atomic E-state index is 0.0861. The lowest BCUT2D eigenvalue weighted by Gasteiger charge is -2.58. The molecule has 8 nitrogen and oxygen atoms in total. The van der Waals surface area contributed by atoms with Crippen LogP contribution in [0.1, 0.15) is 98.3 Å². The number of aliphatic hydroxyl groups is 1. The Morgan fingerprint density at radius 1 is 1.10 bits per heavy atom. The highest BCUT2D eigenvalue weighted by Gasteiger charge is 2.59. The van der Waals surface area contributed by atoms with Crippen LogP contribution in [0.5, 0.6) is 0 Å². The van der Waals surface area contributed by atoms with Crippen molar-refractivity contribution in [3.05, 3.63) is 33.9 Å². The third-order valence-electron chi connectivity index (χ3n) is 12.1. The Kier molecular flexibility index (Phi) is 7.21. The number of anilines is 1. The lowest BCUT2D eigenvalue weighted by atomic mass is 9.47. The molecule has 0 radical (unpaired) electrons. The molecule has 2 N–H and O–H groups in total. The molecule has 218 valence electrons. The van der Waals surface area contributed by atoms with Gasteiger partial charge in [0.25, 0.3) is 0 Å². The van der Waals surface area contributed by atoms with Crippen LogP contribution < -0.4 is 5.32 Å². The highest BCUT2D eigenvalue weighted by Crippen LogP contribution is 2.67. The Hall–Kier alpha value is -2.48. The summed E-state index contributed by atoms with van der Waals surface area (Å²) in [5.41, 5.74) is 3.58. The van der Waals surface area contributed by atoms with Gasteiger partial charge in [0, 0.05) is 12.1 Å². The summed E-state index contributed by atoms with van der Waals surface area (Å²) in [7, 11) is 0.